The molecule has 4 rings (SSSR count). The van der Waals surface area contributed by atoms with E-state index in [4.69, 9.17) is 26.2 Å². The van der Waals surface area contributed by atoms with Crippen LogP contribution >= 0.6 is 11.6 Å². The molecule has 0 unspecified atom stereocenters. The Labute approximate surface area is 219 Å². The van der Waals surface area contributed by atoms with Crippen LogP contribution in [0.25, 0.3) is 0 Å². The van der Waals surface area contributed by atoms with E-state index >= 15 is 0 Å². The normalized spacial score (nSPS) is 11.4. The van der Waals surface area contributed by atoms with E-state index in [1.165, 1.54) is 24.3 Å². The molecular weight excluding hydrogens is 534 g/mol. The molecule has 0 atom stereocenters. The van der Waals surface area contributed by atoms with Gasteiger partial charge in [0.15, 0.2) is 0 Å². The highest BCUT2D eigenvalue weighted by molar-refractivity contribution is 6.17. The fourth-order valence-electron chi connectivity index (χ4n) is 3.01. The van der Waals surface area contributed by atoms with E-state index in [0.29, 0.717) is 28.9 Å². The van der Waals surface area contributed by atoms with Crippen molar-refractivity contribution in [2.24, 2.45) is 0 Å². The Kier molecular flexibility index (Phi) is 9.66. The van der Waals surface area contributed by atoms with Gasteiger partial charge in [0.05, 0.1) is 17.7 Å². The minimum atomic E-state index is -4.35. The standard InChI is InChI=1S/C14H10ClF3O.C14H11F3O2/c15-9-10-1-5-12(6-2-10)19-13-7-3-11(4-8-13)14(16,17)18;15-14(16,17)11-3-7-13(8-4-11)19-12-5-1-10(9-18)2-6-12/h1-8H,9H2;1-8,18H,9H2. The van der Waals surface area contributed by atoms with Crippen molar-refractivity contribution in [1.82, 2.24) is 0 Å². The van der Waals surface area contributed by atoms with Crippen molar-refractivity contribution < 1.29 is 40.9 Å². The number of benzene rings is 4. The number of ether oxygens (including phenoxy) is 2. The van der Waals surface area contributed by atoms with E-state index in [9.17, 15) is 26.3 Å². The molecule has 0 heterocycles. The summed E-state index contributed by atoms with van der Waals surface area (Å²) in [5, 5.41) is 8.88. The number of aliphatic hydroxyl groups excluding tert-OH is 1. The van der Waals surface area contributed by atoms with Crippen LogP contribution in [0, 0.1) is 0 Å². The van der Waals surface area contributed by atoms with Gasteiger partial charge in [-0.15, -0.1) is 11.6 Å². The number of alkyl halides is 7. The van der Waals surface area contributed by atoms with Crippen molar-refractivity contribution in [2.45, 2.75) is 24.8 Å². The molecule has 0 amide bonds. The Morgan fingerprint density at radius 3 is 1.05 bits per heavy atom. The number of aliphatic hydroxyl groups is 1. The lowest BCUT2D eigenvalue weighted by Gasteiger charge is -2.09. The van der Waals surface area contributed by atoms with Crippen LogP contribution in [0.5, 0.6) is 23.0 Å². The topological polar surface area (TPSA) is 38.7 Å². The number of halogens is 7. The average molecular weight is 555 g/mol. The monoisotopic (exact) mass is 554 g/mol. The van der Waals surface area contributed by atoms with Gasteiger partial charge in [-0.25, -0.2) is 0 Å². The highest BCUT2D eigenvalue weighted by Gasteiger charge is 2.30. The average Bonchev–Trinajstić information content (AvgIpc) is 2.90. The minimum absolute atomic E-state index is 0.0689. The van der Waals surface area contributed by atoms with E-state index in [1.54, 1.807) is 48.5 Å². The van der Waals surface area contributed by atoms with Crippen LogP contribution in [0.3, 0.4) is 0 Å². The molecule has 0 fully saturated rings. The number of hydrogen-bond acceptors (Lipinski definition) is 3. The van der Waals surface area contributed by atoms with Gasteiger partial charge < -0.3 is 14.6 Å². The zero-order valence-corrected chi connectivity index (χ0v) is 20.3. The smallest absolute Gasteiger partial charge is 0.416 e. The first-order valence-electron chi connectivity index (χ1n) is 11.0. The van der Waals surface area contributed by atoms with Crippen molar-refractivity contribution in [3.8, 4) is 23.0 Å². The Morgan fingerprint density at radius 1 is 0.500 bits per heavy atom. The zero-order chi connectivity index (χ0) is 27.8. The predicted octanol–water partition coefficient (Wildman–Crippen LogP) is 9.23. The molecule has 0 radical (unpaired) electrons. The highest BCUT2D eigenvalue weighted by atomic mass is 35.5. The molecule has 4 aromatic carbocycles. The van der Waals surface area contributed by atoms with Crippen molar-refractivity contribution in [1.29, 1.82) is 0 Å². The van der Waals surface area contributed by atoms with Gasteiger partial charge in [-0.05, 0) is 83.9 Å². The summed E-state index contributed by atoms with van der Waals surface area (Å²) < 4.78 is 85.1. The van der Waals surface area contributed by atoms with Gasteiger partial charge in [-0.1, -0.05) is 24.3 Å². The summed E-state index contributed by atoms with van der Waals surface area (Å²) in [6.07, 6.45) is -8.68. The summed E-state index contributed by atoms with van der Waals surface area (Å²) in [5.41, 5.74) is 0.272. The van der Waals surface area contributed by atoms with Crippen molar-refractivity contribution in [3.05, 3.63) is 119 Å². The second-order valence-electron chi connectivity index (χ2n) is 7.83. The largest absolute Gasteiger partial charge is 0.457 e. The Balaban J connectivity index is 0.000000211. The lowest BCUT2D eigenvalue weighted by molar-refractivity contribution is -0.138. The van der Waals surface area contributed by atoms with Gasteiger partial charge in [0, 0.05) is 5.88 Å². The third-order valence-electron chi connectivity index (χ3n) is 5.02. The van der Waals surface area contributed by atoms with E-state index in [-0.39, 0.29) is 6.61 Å². The summed E-state index contributed by atoms with van der Waals surface area (Å²) in [7, 11) is 0. The van der Waals surface area contributed by atoms with Crippen LogP contribution < -0.4 is 9.47 Å². The van der Waals surface area contributed by atoms with Gasteiger partial charge in [-0.2, -0.15) is 26.3 Å². The molecule has 0 saturated carbocycles. The molecule has 0 aliphatic heterocycles. The van der Waals surface area contributed by atoms with E-state index in [2.05, 4.69) is 0 Å². The van der Waals surface area contributed by atoms with Crippen LogP contribution in [0.1, 0.15) is 22.3 Å². The van der Waals surface area contributed by atoms with Gasteiger partial charge in [-0.3, -0.25) is 0 Å². The predicted molar refractivity (Wildman–Crippen MR) is 131 cm³/mol. The van der Waals surface area contributed by atoms with Gasteiger partial charge in [0.25, 0.3) is 0 Å². The first kappa shape index (κ1) is 28.9. The molecule has 0 aromatic heterocycles. The van der Waals surface area contributed by atoms with Gasteiger partial charge in [0.2, 0.25) is 0 Å². The second kappa shape index (κ2) is 12.7. The summed E-state index contributed by atoms with van der Waals surface area (Å²) in [4.78, 5) is 0. The molecule has 0 bridgehead atoms. The summed E-state index contributed by atoms with van der Waals surface area (Å²) in [6.45, 7) is -0.0689. The summed E-state index contributed by atoms with van der Waals surface area (Å²) >= 11 is 5.65. The van der Waals surface area contributed by atoms with Crippen molar-refractivity contribution in [3.63, 3.8) is 0 Å². The fourth-order valence-corrected chi connectivity index (χ4v) is 3.18. The van der Waals surface area contributed by atoms with E-state index in [1.807, 2.05) is 0 Å². The Hall–Kier alpha value is -3.69. The highest BCUT2D eigenvalue weighted by Crippen LogP contribution is 2.32. The Morgan fingerprint density at radius 2 is 0.789 bits per heavy atom. The molecule has 0 spiro atoms. The molecule has 10 heteroatoms. The molecule has 4 aromatic rings. The van der Waals surface area contributed by atoms with E-state index in [0.717, 1.165) is 35.4 Å². The first-order chi connectivity index (χ1) is 18.0. The van der Waals surface area contributed by atoms with Crippen LogP contribution in [0.4, 0.5) is 26.3 Å². The molecule has 3 nitrogen and oxygen atoms in total. The van der Waals surface area contributed by atoms with Crippen LogP contribution in [-0.2, 0) is 24.8 Å². The van der Waals surface area contributed by atoms with Crippen molar-refractivity contribution >= 4 is 11.6 Å². The first-order valence-corrected chi connectivity index (χ1v) is 11.6. The lowest BCUT2D eigenvalue weighted by atomic mass is 10.2. The minimum Gasteiger partial charge on any atom is -0.457 e. The molecule has 0 aliphatic rings. The van der Waals surface area contributed by atoms with Crippen LogP contribution in [0.2, 0.25) is 0 Å². The van der Waals surface area contributed by atoms with Gasteiger partial charge in [0.1, 0.15) is 23.0 Å². The maximum absolute atomic E-state index is 12.4. The molecule has 1 N–H and O–H groups in total. The maximum atomic E-state index is 12.4. The fraction of sp³-hybridized carbons (Fsp3) is 0.143. The van der Waals surface area contributed by atoms with Crippen LogP contribution in [0.15, 0.2) is 97.1 Å². The maximum Gasteiger partial charge on any atom is 0.416 e. The quantitative estimate of drug-likeness (QED) is 0.191. The third kappa shape index (κ3) is 8.71. The Bertz CT molecular complexity index is 1170. The second-order valence-corrected chi connectivity index (χ2v) is 8.10. The third-order valence-corrected chi connectivity index (χ3v) is 5.33. The number of hydrogen-bond donors (Lipinski definition) is 1. The van der Waals surface area contributed by atoms with Crippen molar-refractivity contribution in [2.75, 3.05) is 0 Å². The SMILES string of the molecule is FC(F)(F)c1ccc(Oc2ccc(CCl)cc2)cc1.OCc1ccc(Oc2ccc(C(F)(F)F)cc2)cc1. The number of rotatable bonds is 6. The van der Waals surface area contributed by atoms with E-state index < -0.39 is 23.5 Å². The molecule has 200 valence electrons. The molecule has 0 aliphatic carbocycles. The summed E-state index contributed by atoms with van der Waals surface area (Å²) in [5.74, 6) is 2.13. The summed E-state index contributed by atoms with van der Waals surface area (Å²) in [6, 6.07) is 22.7. The molecule has 0 saturated heterocycles. The lowest BCUT2D eigenvalue weighted by Crippen LogP contribution is -2.03. The molecule has 38 heavy (non-hydrogen) atoms. The zero-order valence-electron chi connectivity index (χ0n) is 19.6. The van der Waals surface area contributed by atoms with Crippen LogP contribution in [-0.4, -0.2) is 5.11 Å². The van der Waals surface area contributed by atoms with Gasteiger partial charge >= 0.3 is 12.4 Å². The molecular formula is C28H21ClF6O3.